The first-order valence-electron chi connectivity index (χ1n) is 8.03. The summed E-state index contributed by atoms with van der Waals surface area (Å²) in [7, 11) is 0. The van der Waals surface area contributed by atoms with E-state index in [2.05, 4.69) is 31.0 Å². The van der Waals surface area contributed by atoms with Crippen molar-refractivity contribution in [3.05, 3.63) is 42.0 Å². The molecule has 9 heteroatoms. The van der Waals surface area contributed by atoms with Gasteiger partial charge in [0.2, 0.25) is 17.6 Å². The number of carbonyl (C=O) groups is 1. The van der Waals surface area contributed by atoms with Gasteiger partial charge in [-0.3, -0.25) is 4.79 Å². The zero-order chi connectivity index (χ0) is 17.6. The lowest BCUT2D eigenvalue weighted by molar-refractivity contribution is -0.122. The Balaban J connectivity index is 1.53. The molecule has 0 spiro atoms. The molecule has 1 N–H and O–H groups in total. The Morgan fingerprint density at radius 2 is 2.20 bits per heavy atom. The first-order valence-corrected chi connectivity index (χ1v) is 8.03. The largest absolute Gasteiger partial charge is 0.345 e. The highest BCUT2D eigenvalue weighted by atomic mass is 16.5. The Hall–Kier alpha value is -3.10. The molecule has 1 amide bonds. The van der Waals surface area contributed by atoms with E-state index in [0.717, 1.165) is 11.1 Å². The van der Waals surface area contributed by atoms with Crippen LogP contribution in [-0.4, -0.2) is 36.3 Å². The molecule has 0 aliphatic heterocycles. The van der Waals surface area contributed by atoms with Gasteiger partial charge in [-0.05, 0) is 36.3 Å². The Kier molecular flexibility index (Phi) is 5.12. The number of benzene rings is 1. The summed E-state index contributed by atoms with van der Waals surface area (Å²) in [5.41, 5.74) is 1.98. The first-order chi connectivity index (χ1) is 12.1. The molecule has 3 aromatic rings. The van der Waals surface area contributed by atoms with Crippen LogP contribution in [0.2, 0.25) is 0 Å². The van der Waals surface area contributed by atoms with Crippen LogP contribution in [0.1, 0.15) is 37.3 Å². The Morgan fingerprint density at radius 3 is 2.96 bits per heavy atom. The summed E-state index contributed by atoms with van der Waals surface area (Å²) in [5, 5.41) is 17.7. The van der Waals surface area contributed by atoms with Crippen molar-refractivity contribution in [1.29, 1.82) is 0 Å². The molecule has 130 valence electrons. The molecule has 0 aliphatic rings. The Morgan fingerprint density at radius 1 is 1.36 bits per heavy atom. The third-order valence-electron chi connectivity index (χ3n) is 3.76. The lowest BCUT2D eigenvalue weighted by atomic mass is 10.1. The van der Waals surface area contributed by atoms with Gasteiger partial charge in [-0.2, -0.15) is 4.98 Å². The van der Waals surface area contributed by atoms with E-state index in [0.29, 0.717) is 31.1 Å². The van der Waals surface area contributed by atoms with E-state index in [1.54, 1.807) is 4.68 Å². The molecule has 0 bridgehead atoms. The van der Waals surface area contributed by atoms with E-state index in [-0.39, 0.29) is 11.9 Å². The van der Waals surface area contributed by atoms with Crippen LogP contribution in [-0.2, 0) is 11.3 Å². The lowest BCUT2D eigenvalue weighted by Crippen LogP contribution is -2.26. The van der Waals surface area contributed by atoms with E-state index in [4.69, 9.17) is 4.52 Å². The van der Waals surface area contributed by atoms with Gasteiger partial charge in [0.1, 0.15) is 12.4 Å². The second-order valence-corrected chi connectivity index (χ2v) is 5.74. The van der Waals surface area contributed by atoms with Crippen molar-refractivity contribution in [2.24, 2.45) is 0 Å². The molecule has 0 aliphatic carbocycles. The molecule has 0 unspecified atom stereocenters. The number of hydrogen-bond acceptors (Lipinski definition) is 7. The van der Waals surface area contributed by atoms with Crippen molar-refractivity contribution in [2.75, 3.05) is 0 Å². The van der Waals surface area contributed by atoms with E-state index in [9.17, 15) is 4.79 Å². The summed E-state index contributed by atoms with van der Waals surface area (Å²) >= 11 is 0. The highest BCUT2D eigenvalue weighted by Gasteiger charge is 2.17. The molecule has 0 saturated carbocycles. The zero-order valence-corrected chi connectivity index (χ0v) is 14.1. The lowest BCUT2D eigenvalue weighted by Gasteiger charge is -2.09. The monoisotopic (exact) mass is 341 g/mol. The molecule has 0 saturated heterocycles. The fourth-order valence-electron chi connectivity index (χ4n) is 2.40. The molecule has 3 rings (SSSR count). The van der Waals surface area contributed by atoms with Gasteiger partial charge in [-0.15, -0.1) is 5.10 Å². The van der Waals surface area contributed by atoms with Crippen LogP contribution in [0.15, 0.2) is 35.1 Å². The first kappa shape index (κ1) is 16.7. The van der Waals surface area contributed by atoms with Gasteiger partial charge in [-0.1, -0.05) is 29.4 Å². The summed E-state index contributed by atoms with van der Waals surface area (Å²) in [6.45, 7) is 4.39. The average Bonchev–Trinajstić information content (AvgIpc) is 3.27. The van der Waals surface area contributed by atoms with Crippen LogP contribution >= 0.6 is 0 Å². The van der Waals surface area contributed by atoms with Crippen molar-refractivity contribution in [2.45, 2.75) is 39.3 Å². The van der Waals surface area contributed by atoms with Crippen LogP contribution in [0.5, 0.6) is 0 Å². The van der Waals surface area contributed by atoms with Crippen molar-refractivity contribution in [3.63, 3.8) is 0 Å². The normalized spacial score (nSPS) is 12.1. The maximum atomic E-state index is 12.0. The van der Waals surface area contributed by atoms with E-state index in [1.165, 1.54) is 6.33 Å². The number of nitrogens with zero attached hydrogens (tertiary/aromatic N) is 6. The number of amides is 1. The number of rotatable bonds is 7. The second kappa shape index (κ2) is 7.65. The van der Waals surface area contributed by atoms with Gasteiger partial charge < -0.3 is 9.84 Å². The molecule has 2 heterocycles. The predicted octanol–water partition coefficient (Wildman–Crippen LogP) is 1.69. The third-order valence-corrected chi connectivity index (χ3v) is 3.76. The van der Waals surface area contributed by atoms with Gasteiger partial charge in [0.25, 0.3) is 0 Å². The van der Waals surface area contributed by atoms with Gasteiger partial charge in [-0.25, -0.2) is 4.68 Å². The van der Waals surface area contributed by atoms with Gasteiger partial charge in [0.15, 0.2) is 0 Å². The second-order valence-electron chi connectivity index (χ2n) is 5.74. The van der Waals surface area contributed by atoms with E-state index in [1.807, 2.05) is 38.1 Å². The fraction of sp³-hybridized carbons (Fsp3) is 0.375. The molecular formula is C16H19N7O2. The fourth-order valence-corrected chi connectivity index (χ4v) is 2.40. The van der Waals surface area contributed by atoms with Crippen LogP contribution < -0.4 is 5.32 Å². The van der Waals surface area contributed by atoms with Crippen molar-refractivity contribution < 1.29 is 9.32 Å². The van der Waals surface area contributed by atoms with Crippen LogP contribution in [0, 0.1) is 6.92 Å². The summed E-state index contributed by atoms with van der Waals surface area (Å²) in [4.78, 5) is 16.4. The molecule has 0 fully saturated rings. The SMILES string of the molecule is Cc1ccccc1-c1noc([C@@H](C)NC(=O)CCCn2cnnn2)n1. The number of tetrazole rings is 1. The highest BCUT2D eigenvalue weighted by molar-refractivity contribution is 5.76. The number of carbonyl (C=O) groups excluding carboxylic acids is 1. The number of nitrogens with one attached hydrogen (secondary N) is 1. The molecule has 2 aromatic heterocycles. The maximum absolute atomic E-state index is 12.0. The third kappa shape index (κ3) is 4.25. The molecule has 1 atom stereocenters. The minimum Gasteiger partial charge on any atom is -0.345 e. The predicted molar refractivity (Wildman–Crippen MR) is 88.1 cm³/mol. The minimum absolute atomic E-state index is 0.0868. The van der Waals surface area contributed by atoms with E-state index < -0.39 is 0 Å². The minimum atomic E-state index is -0.356. The standard InChI is InChI=1S/C16H19N7O2/c1-11-6-3-4-7-13(11)15-19-16(25-20-15)12(2)18-14(24)8-5-9-23-10-17-21-22-23/h3-4,6-7,10,12H,5,8-9H2,1-2H3,(H,18,24)/t12-/m1/s1. The Bertz CT molecular complexity index is 829. The van der Waals surface area contributed by atoms with Crippen molar-refractivity contribution in [1.82, 2.24) is 35.7 Å². The Labute approximate surface area is 144 Å². The van der Waals surface area contributed by atoms with Gasteiger partial charge in [0.05, 0.1) is 0 Å². The van der Waals surface area contributed by atoms with Crippen LogP contribution in [0.4, 0.5) is 0 Å². The zero-order valence-electron chi connectivity index (χ0n) is 14.1. The highest BCUT2D eigenvalue weighted by Crippen LogP contribution is 2.21. The summed E-state index contributed by atoms with van der Waals surface area (Å²) in [5.74, 6) is 0.816. The summed E-state index contributed by atoms with van der Waals surface area (Å²) < 4.78 is 6.88. The van der Waals surface area contributed by atoms with Crippen molar-refractivity contribution in [3.8, 4) is 11.4 Å². The van der Waals surface area contributed by atoms with Crippen molar-refractivity contribution >= 4 is 5.91 Å². The van der Waals surface area contributed by atoms with Gasteiger partial charge in [0, 0.05) is 18.5 Å². The van der Waals surface area contributed by atoms with Crippen LogP contribution in [0.25, 0.3) is 11.4 Å². The average molecular weight is 341 g/mol. The maximum Gasteiger partial charge on any atom is 0.249 e. The smallest absolute Gasteiger partial charge is 0.249 e. The topological polar surface area (TPSA) is 112 Å². The van der Waals surface area contributed by atoms with Gasteiger partial charge >= 0.3 is 0 Å². The molecule has 9 nitrogen and oxygen atoms in total. The summed E-state index contributed by atoms with van der Waals surface area (Å²) in [6.07, 6.45) is 2.52. The molecular weight excluding hydrogens is 322 g/mol. The van der Waals surface area contributed by atoms with E-state index >= 15 is 0 Å². The number of aromatic nitrogens is 6. The van der Waals surface area contributed by atoms with Crippen LogP contribution in [0.3, 0.4) is 0 Å². The summed E-state index contributed by atoms with van der Waals surface area (Å²) in [6, 6.07) is 7.45. The quantitative estimate of drug-likeness (QED) is 0.696. The molecule has 25 heavy (non-hydrogen) atoms. The number of hydrogen-bond donors (Lipinski definition) is 1. The molecule has 0 radical (unpaired) electrons. The number of aryl methyl sites for hydroxylation is 2. The molecule has 1 aromatic carbocycles.